The van der Waals surface area contributed by atoms with Crippen LogP contribution >= 0.6 is 11.6 Å². The number of ether oxygens (including phenoxy) is 1. The molecule has 0 aliphatic heterocycles. The minimum absolute atomic E-state index is 0.0120. The first-order chi connectivity index (χ1) is 14.5. The van der Waals surface area contributed by atoms with Crippen molar-refractivity contribution >= 4 is 17.5 Å². The molecular weight excluding hydrogens is 402 g/mol. The van der Waals surface area contributed by atoms with Crippen LogP contribution in [0.1, 0.15) is 28.8 Å². The number of aromatic amines is 1. The van der Waals surface area contributed by atoms with Gasteiger partial charge in [0.1, 0.15) is 12.4 Å². The molecular formula is C23H22ClN3O3. The third-order valence-corrected chi connectivity index (χ3v) is 5.37. The first kappa shape index (κ1) is 20.2. The van der Waals surface area contributed by atoms with Gasteiger partial charge < -0.3 is 10.1 Å². The average Bonchev–Trinajstić information content (AvgIpc) is 2.73. The quantitative estimate of drug-likeness (QED) is 0.637. The highest BCUT2D eigenvalue weighted by Gasteiger charge is 2.21. The van der Waals surface area contributed by atoms with Crippen molar-refractivity contribution in [2.45, 2.75) is 38.3 Å². The molecule has 2 aromatic carbocycles. The number of nitrogens with zero attached hydrogens (tertiary/aromatic N) is 1. The van der Waals surface area contributed by atoms with Crippen LogP contribution in [-0.2, 0) is 30.7 Å². The Bertz CT molecular complexity index is 1100. The Kier molecular flexibility index (Phi) is 6.14. The van der Waals surface area contributed by atoms with E-state index in [0.717, 1.165) is 35.2 Å². The highest BCUT2D eigenvalue weighted by molar-refractivity contribution is 6.30. The van der Waals surface area contributed by atoms with E-state index in [1.54, 1.807) is 6.07 Å². The summed E-state index contributed by atoms with van der Waals surface area (Å²) in [6.45, 7) is 0.432. The number of aromatic nitrogens is 2. The van der Waals surface area contributed by atoms with Crippen molar-refractivity contribution in [2.24, 2.45) is 0 Å². The molecule has 0 saturated carbocycles. The average molecular weight is 424 g/mol. The Hall–Kier alpha value is -3.12. The molecule has 7 heteroatoms. The molecule has 1 aliphatic carbocycles. The molecule has 3 aromatic rings. The summed E-state index contributed by atoms with van der Waals surface area (Å²) >= 11 is 5.90. The lowest BCUT2D eigenvalue weighted by Gasteiger charge is -2.24. The van der Waals surface area contributed by atoms with E-state index in [1.807, 2.05) is 48.5 Å². The summed E-state index contributed by atoms with van der Waals surface area (Å²) < 4.78 is 5.84. The zero-order chi connectivity index (χ0) is 20.9. The molecule has 1 aliphatic rings. The number of hydrogen-bond donors (Lipinski definition) is 2. The SMILES string of the molecule is O=C(Cc1cccc(OCc2ccc(Cl)cc2)c1)NC1CCc2n[nH]c(=O)cc2C1. The maximum absolute atomic E-state index is 12.5. The fourth-order valence-electron chi connectivity index (χ4n) is 3.62. The Labute approximate surface area is 179 Å². The highest BCUT2D eigenvalue weighted by Crippen LogP contribution is 2.19. The number of carbonyl (C=O) groups is 1. The number of carbonyl (C=O) groups excluding carboxylic acids is 1. The predicted molar refractivity (Wildman–Crippen MR) is 115 cm³/mol. The van der Waals surface area contributed by atoms with Crippen LogP contribution in [0.5, 0.6) is 5.75 Å². The number of amides is 1. The first-order valence-electron chi connectivity index (χ1n) is 9.88. The molecule has 1 atom stereocenters. The molecule has 0 saturated heterocycles. The Morgan fingerprint density at radius 3 is 2.83 bits per heavy atom. The highest BCUT2D eigenvalue weighted by atomic mass is 35.5. The second kappa shape index (κ2) is 9.13. The van der Waals surface area contributed by atoms with Crippen molar-refractivity contribution in [2.75, 3.05) is 0 Å². The van der Waals surface area contributed by atoms with Crippen molar-refractivity contribution in [1.82, 2.24) is 15.5 Å². The van der Waals surface area contributed by atoms with Crippen molar-refractivity contribution in [3.8, 4) is 5.75 Å². The molecule has 2 N–H and O–H groups in total. The summed E-state index contributed by atoms with van der Waals surface area (Å²) in [5.74, 6) is 0.670. The smallest absolute Gasteiger partial charge is 0.264 e. The van der Waals surface area contributed by atoms with E-state index in [9.17, 15) is 9.59 Å². The van der Waals surface area contributed by atoms with E-state index in [0.29, 0.717) is 23.8 Å². The topological polar surface area (TPSA) is 84.1 Å². The second-order valence-electron chi connectivity index (χ2n) is 7.45. The van der Waals surface area contributed by atoms with Crippen LogP contribution in [0.4, 0.5) is 0 Å². The fraction of sp³-hybridized carbons (Fsp3) is 0.261. The molecule has 0 fully saturated rings. The summed E-state index contributed by atoms with van der Waals surface area (Å²) in [7, 11) is 0. The summed E-state index contributed by atoms with van der Waals surface area (Å²) in [5, 5.41) is 10.3. The van der Waals surface area contributed by atoms with Gasteiger partial charge in [0.05, 0.1) is 12.1 Å². The Balaban J connectivity index is 1.32. The lowest BCUT2D eigenvalue weighted by molar-refractivity contribution is -0.121. The van der Waals surface area contributed by atoms with E-state index in [1.165, 1.54) is 0 Å². The van der Waals surface area contributed by atoms with Crippen LogP contribution in [0.2, 0.25) is 5.02 Å². The van der Waals surface area contributed by atoms with Gasteiger partial charge in [-0.1, -0.05) is 35.9 Å². The van der Waals surface area contributed by atoms with E-state index in [2.05, 4.69) is 15.5 Å². The van der Waals surface area contributed by atoms with Gasteiger partial charge in [-0.05, 0) is 60.2 Å². The maximum atomic E-state index is 12.5. The number of halogens is 1. The number of rotatable bonds is 6. The van der Waals surface area contributed by atoms with Gasteiger partial charge in [0.2, 0.25) is 5.91 Å². The fourth-order valence-corrected chi connectivity index (χ4v) is 3.75. The van der Waals surface area contributed by atoms with Crippen LogP contribution < -0.4 is 15.6 Å². The number of H-pyrrole nitrogens is 1. The van der Waals surface area contributed by atoms with Crippen molar-refractivity contribution in [3.05, 3.63) is 92.4 Å². The van der Waals surface area contributed by atoms with Gasteiger partial charge in [-0.25, -0.2) is 5.10 Å². The zero-order valence-corrected chi connectivity index (χ0v) is 17.1. The predicted octanol–water partition coefficient (Wildman–Crippen LogP) is 3.22. The van der Waals surface area contributed by atoms with Gasteiger partial charge in [0, 0.05) is 17.1 Å². The number of benzene rings is 2. The molecule has 0 bridgehead atoms. The normalized spacial score (nSPS) is 15.3. The van der Waals surface area contributed by atoms with E-state index < -0.39 is 0 Å². The Morgan fingerprint density at radius 1 is 1.17 bits per heavy atom. The number of nitrogens with one attached hydrogen (secondary N) is 2. The third kappa shape index (κ3) is 5.27. The van der Waals surface area contributed by atoms with Crippen LogP contribution in [0.15, 0.2) is 59.4 Å². The lowest BCUT2D eigenvalue weighted by atomic mass is 9.92. The van der Waals surface area contributed by atoms with E-state index in [-0.39, 0.29) is 23.9 Å². The molecule has 6 nitrogen and oxygen atoms in total. The number of aryl methyl sites for hydroxylation is 1. The summed E-state index contributed by atoms with van der Waals surface area (Å²) in [6.07, 6.45) is 2.45. The summed E-state index contributed by atoms with van der Waals surface area (Å²) in [5.41, 5.74) is 3.51. The molecule has 0 spiro atoms. The van der Waals surface area contributed by atoms with E-state index in [4.69, 9.17) is 16.3 Å². The Morgan fingerprint density at radius 2 is 2.00 bits per heavy atom. The van der Waals surface area contributed by atoms with Crippen molar-refractivity contribution in [1.29, 1.82) is 0 Å². The van der Waals surface area contributed by atoms with Crippen LogP contribution in [0.25, 0.3) is 0 Å². The molecule has 1 heterocycles. The second-order valence-corrected chi connectivity index (χ2v) is 7.89. The van der Waals surface area contributed by atoms with E-state index >= 15 is 0 Å². The largest absolute Gasteiger partial charge is 0.489 e. The van der Waals surface area contributed by atoms with Gasteiger partial charge >= 0.3 is 0 Å². The number of fused-ring (bicyclic) bond motifs is 1. The van der Waals surface area contributed by atoms with Crippen LogP contribution in [-0.4, -0.2) is 22.1 Å². The van der Waals surface area contributed by atoms with Crippen LogP contribution in [0.3, 0.4) is 0 Å². The van der Waals surface area contributed by atoms with Gasteiger partial charge in [0.25, 0.3) is 5.56 Å². The van der Waals surface area contributed by atoms with Gasteiger partial charge in [-0.15, -0.1) is 0 Å². The first-order valence-corrected chi connectivity index (χ1v) is 10.3. The molecule has 4 rings (SSSR count). The zero-order valence-electron chi connectivity index (χ0n) is 16.4. The van der Waals surface area contributed by atoms with Gasteiger partial charge in [-0.3, -0.25) is 9.59 Å². The van der Waals surface area contributed by atoms with Gasteiger partial charge in [0.15, 0.2) is 0 Å². The molecule has 1 aromatic heterocycles. The maximum Gasteiger partial charge on any atom is 0.264 e. The molecule has 1 amide bonds. The van der Waals surface area contributed by atoms with Crippen molar-refractivity contribution in [3.63, 3.8) is 0 Å². The standard InChI is InChI=1S/C23H22ClN3O3/c24-18-6-4-15(5-7-18)14-30-20-3-1-2-16(10-20)11-22(28)25-19-8-9-21-17(12-19)13-23(29)27-26-21/h1-7,10,13,19H,8-9,11-12,14H2,(H,25,28)(H,27,29). The molecule has 30 heavy (non-hydrogen) atoms. The van der Waals surface area contributed by atoms with Gasteiger partial charge in [-0.2, -0.15) is 5.10 Å². The molecule has 1 unspecified atom stereocenters. The summed E-state index contributed by atoms with van der Waals surface area (Å²) in [6, 6.07) is 16.6. The summed E-state index contributed by atoms with van der Waals surface area (Å²) in [4.78, 5) is 24.0. The molecule has 154 valence electrons. The lowest BCUT2D eigenvalue weighted by Crippen LogP contribution is -2.40. The molecule has 0 radical (unpaired) electrons. The monoisotopic (exact) mass is 423 g/mol. The number of hydrogen-bond acceptors (Lipinski definition) is 4. The van der Waals surface area contributed by atoms with Crippen LogP contribution in [0, 0.1) is 0 Å². The van der Waals surface area contributed by atoms with Crippen molar-refractivity contribution < 1.29 is 9.53 Å². The third-order valence-electron chi connectivity index (χ3n) is 5.12. The minimum atomic E-state index is -0.212. The minimum Gasteiger partial charge on any atom is -0.489 e.